The molecule has 1 aliphatic rings. The molecule has 3 nitrogen and oxygen atoms in total. The van der Waals surface area contributed by atoms with Crippen LogP contribution in [0.3, 0.4) is 0 Å². The van der Waals surface area contributed by atoms with Crippen molar-refractivity contribution in [1.82, 2.24) is 0 Å². The lowest BCUT2D eigenvalue weighted by molar-refractivity contribution is -0.129. The van der Waals surface area contributed by atoms with Gasteiger partial charge in [-0.15, -0.1) is 0 Å². The minimum Gasteiger partial charge on any atom is -0.402 e. The number of esters is 1. The minimum atomic E-state index is -0.432. The van der Waals surface area contributed by atoms with Gasteiger partial charge in [0.05, 0.1) is 0 Å². The van der Waals surface area contributed by atoms with Gasteiger partial charge in [-0.1, -0.05) is 64.5 Å². The standard InChI is InChI=1S/C20H12BrNO2/c21-16-9-4-8-15(11-16)19-22-18(20(23)24-19)12-14-7-3-6-13-5-1-2-10-17(13)14/h1-12H. The number of hydrogen-bond donors (Lipinski definition) is 0. The zero-order chi connectivity index (χ0) is 16.5. The lowest BCUT2D eigenvalue weighted by Crippen LogP contribution is -2.05. The number of nitrogens with zero attached hydrogens (tertiary/aromatic N) is 1. The van der Waals surface area contributed by atoms with Gasteiger partial charge in [0.2, 0.25) is 5.90 Å². The molecule has 1 aliphatic heterocycles. The number of rotatable bonds is 2. The van der Waals surface area contributed by atoms with Gasteiger partial charge in [-0.05, 0) is 40.6 Å². The lowest BCUT2D eigenvalue weighted by atomic mass is 10.0. The van der Waals surface area contributed by atoms with Crippen molar-refractivity contribution in [3.63, 3.8) is 0 Å². The van der Waals surface area contributed by atoms with E-state index in [-0.39, 0.29) is 0 Å². The summed E-state index contributed by atoms with van der Waals surface area (Å²) in [6.45, 7) is 0. The highest BCUT2D eigenvalue weighted by Gasteiger charge is 2.24. The van der Waals surface area contributed by atoms with Crippen molar-refractivity contribution in [2.75, 3.05) is 0 Å². The van der Waals surface area contributed by atoms with Gasteiger partial charge in [0, 0.05) is 10.0 Å². The molecular formula is C20H12BrNO2. The minimum absolute atomic E-state index is 0.307. The monoisotopic (exact) mass is 377 g/mol. The Kier molecular flexibility index (Phi) is 3.75. The molecule has 4 rings (SSSR count). The molecule has 0 amide bonds. The number of carbonyl (C=O) groups is 1. The van der Waals surface area contributed by atoms with E-state index in [9.17, 15) is 4.79 Å². The number of benzene rings is 3. The third-order valence-corrected chi connectivity index (χ3v) is 4.30. The first kappa shape index (κ1) is 14.8. The molecule has 0 fully saturated rings. The summed E-state index contributed by atoms with van der Waals surface area (Å²) in [5.74, 6) is -0.106. The molecule has 0 atom stereocenters. The molecule has 0 saturated heterocycles. The second kappa shape index (κ2) is 6.06. The van der Waals surface area contributed by atoms with Crippen molar-refractivity contribution in [3.05, 3.63) is 88.0 Å². The van der Waals surface area contributed by atoms with Crippen molar-refractivity contribution >= 4 is 44.6 Å². The summed E-state index contributed by atoms with van der Waals surface area (Å²) in [4.78, 5) is 16.5. The number of aliphatic imine (C=N–C) groups is 1. The Morgan fingerprint density at radius 3 is 2.62 bits per heavy atom. The number of ether oxygens (including phenoxy) is 1. The molecule has 3 aromatic rings. The Morgan fingerprint density at radius 2 is 1.75 bits per heavy atom. The zero-order valence-electron chi connectivity index (χ0n) is 12.6. The molecule has 24 heavy (non-hydrogen) atoms. The summed E-state index contributed by atoms with van der Waals surface area (Å²) in [6, 6.07) is 21.5. The number of carbonyl (C=O) groups excluding carboxylic acids is 1. The Labute approximate surface area is 147 Å². The quantitative estimate of drug-likeness (QED) is 0.468. The van der Waals surface area contributed by atoms with Crippen LogP contribution >= 0.6 is 15.9 Å². The highest BCUT2D eigenvalue weighted by molar-refractivity contribution is 9.10. The fourth-order valence-corrected chi connectivity index (χ4v) is 3.08. The van der Waals surface area contributed by atoms with Gasteiger partial charge in [-0.3, -0.25) is 0 Å². The van der Waals surface area contributed by atoms with E-state index in [1.807, 2.05) is 66.7 Å². The molecule has 1 heterocycles. The van der Waals surface area contributed by atoms with Crippen LogP contribution in [0, 0.1) is 0 Å². The second-order valence-electron chi connectivity index (χ2n) is 5.41. The summed E-state index contributed by atoms with van der Waals surface area (Å²) in [7, 11) is 0. The van der Waals surface area contributed by atoms with E-state index in [0.717, 1.165) is 26.4 Å². The van der Waals surface area contributed by atoms with Gasteiger partial charge in [0.15, 0.2) is 5.70 Å². The average Bonchev–Trinajstić information content (AvgIpc) is 2.96. The number of halogens is 1. The van der Waals surface area contributed by atoms with Crippen molar-refractivity contribution < 1.29 is 9.53 Å². The van der Waals surface area contributed by atoms with Gasteiger partial charge in [-0.2, -0.15) is 0 Å². The molecule has 0 saturated carbocycles. The van der Waals surface area contributed by atoms with Crippen LogP contribution in [0.15, 0.2) is 81.9 Å². The lowest BCUT2D eigenvalue weighted by Gasteiger charge is -2.01. The third kappa shape index (κ3) is 2.76. The van der Waals surface area contributed by atoms with Crippen LogP contribution in [-0.2, 0) is 9.53 Å². The molecule has 0 radical (unpaired) electrons. The summed E-state index contributed by atoms with van der Waals surface area (Å²) in [6.07, 6.45) is 1.77. The SMILES string of the molecule is O=C1OC(c2cccc(Br)c2)=NC1=Cc1cccc2ccccc12. The maximum atomic E-state index is 12.2. The van der Waals surface area contributed by atoms with Crippen molar-refractivity contribution in [2.24, 2.45) is 4.99 Å². The van der Waals surface area contributed by atoms with E-state index in [4.69, 9.17) is 4.74 Å². The first-order valence-electron chi connectivity index (χ1n) is 7.47. The first-order chi connectivity index (χ1) is 11.7. The van der Waals surface area contributed by atoms with E-state index in [2.05, 4.69) is 20.9 Å². The summed E-state index contributed by atoms with van der Waals surface area (Å²) >= 11 is 3.41. The average molecular weight is 378 g/mol. The Hall–Kier alpha value is -2.72. The van der Waals surface area contributed by atoms with E-state index in [1.54, 1.807) is 6.08 Å². The van der Waals surface area contributed by atoms with Crippen molar-refractivity contribution in [3.8, 4) is 0 Å². The Balaban J connectivity index is 1.78. The highest BCUT2D eigenvalue weighted by atomic mass is 79.9. The molecule has 4 heteroatoms. The van der Waals surface area contributed by atoms with Crippen LogP contribution in [0.2, 0.25) is 0 Å². The fraction of sp³-hybridized carbons (Fsp3) is 0. The molecule has 0 aliphatic carbocycles. The topological polar surface area (TPSA) is 38.7 Å². The highest BCUT2D eigenvalue weighted by Crippen LogP contribution is 2.24. The largest absolute Gasteiger partial charge is 0.402 e. The van der Waals surface area contributed by atoms with Crippen molar-refractivity contribution in [2.45, 2.75) is 0 Å². The summed E-state index contributed by atoms with van der Waals surface area (Å²) in [5, 5.41) is 2.20. The van der Waals surface area contributed by atoms with Gasteiger partial charge in [0.1, 0.15) is 0 Å². The molecule has 0 aromatic heterocycles. The molecule has 0 N–H and O–H groups in total. The van der Waals surface area contributed by atoms with Crippen LogP contribution in [-0.4, -0.2) is 11.9 Å². The predicted octanol–water partition coefficient (Wildman–Crippen LogP) is 4.95. The van der Waals surface area contributed by atoms with Gasteiger partial charge in [-0.25, -0.2) is 9.79 Å². The van der Waals surface area contributed by atoms with Crippen LogP contribution in [0.4, 0.5) is 0 Å². The number of fused-ring (bicyclic) bond motifs is 1. The zero-order valence-corrected chi connectivity index (χ0v) is 14.2. The van der Waals surface area contributed by atoms with E-state index in [0.29, 0.717) is 11.6 Å². The predicted molar refractivity (Wildman–Crippen MR) is 98.7 cm³/mol. The normalized spacial score (nSPS) is 15.6. The molecule has 116 valence electrons. The Bertz CT molecular complexity index is 1020. The Morgan fingerprint density at radius 1 is 0.958 bits per heavy atom. The maximum absolute atomic E-state index is 12.2. The molecule has 0 unspecified atom stereocenters. The molecule has 0 spiro atoms. The van der Waals surface area contributed by atoms with Gasteiger partial charge < -0.3 is 4.74 Å². The number of hydrogen-bond acceptors (Lipinski definition) is 3. The van der Waals surface area contributed by atoms with Crippen LogP contribution in [0.1, 0.15) is 11.1 Å². The number of cyclic esters (lactones) is 1. The first-order valence-corrected chi connectivity index (χ1v) is 8.26. The van der Waals surface area contributed by atoms with Crippen LogP contribution in [0.25, 0.3) is 16.8 Å². The molecular weight excluding hydrogens is 366 g/mol. The van der Waals surface area contributed by atoms with Crippen LogP contribution < -0.4 is 0 Å². The van der Waals surface area contributed by atoms with Crippen molar-refractivity contribution in [1.29, 1.82) is 0 Å². The van der Waals surface area contributed by atoms with E-state index < -0.39 is 5.97 Å². The maximum Gasteiger partial charge on any atom is 0.363 e. The smallest absolute Gasteiger partial charge is 0.363 e. The second-order valence-corrected chi connectivity index (χ2v) is 6.33. The third-order valence-electron chi connectivity index (χ3n) is 3.81. The fourth-order valence-electron chi connectivity index (χ4n) is 2.68. The van der Waals surface area contributed by atoms with Gasteiger partial charge >= 0.3 is 5.97 Å². The molecule has 0 bridgehead atoms. The van der Waals surface area contributed by atoms with E-state index in [1.165, 1.54) is 0 Å². The van der Waals surface area contributed by atoms with Crippen LogP contribution in [0.5, 0.6) is 0 Å². The summed E-state index contributed by atoms with van der Waals surface area (Å²) < 4.78 is 6.23. The molecule has 3 aromatic carbocycles. The summed E-state index contributed by atoms with van der Waals surface area (Å²) in [5.41, 5.74) is 2.01. The van der Waals surface area contributed by atoms with Gasteiger partial charge in [0.25, 0.3) is 0 Å². The van der Waals surface area contributed by atoms with E-state index >= 15 is 0 Å².